The van der Waals surface area contributed by atoms with Crippen molar-refractivity contribution in [2.75, 3.05) is 0 Å². The van der Waals surface area contributed by atoms with Gasteiger partial charge in [0.1, 0.15) is 0 Å². The van der Waals surface area contributed by atoms with E-state index in [1.54, 1.807) is 0 Å². The van der Waals surface area contributed by atoms with Crippen LogP contribution in [-0.2, 0) is 11.2 Å². The highest BCUT2D eigenvalue weighted by Crippen LogP contribution is 2.13. The van der Waals surface area contributed by atoms with E-state index in [1.807, 2.05) is 45.0 Å². The molecule has 0 saturated heterocycles. The van der Waals surface area contributed by atoms with Gasteiger partial charge < -0.3 is 10.3 Å². The molecule has 0 bridgehead atoms. The van der Waals surface area contributed by atoms with E-state index in [2.05, 4.69) is 10.3 Å². The van der Waals surface area contributed by atoms with Crippen LogP contribution in [0.2, 0.25) is 0 Å². The number of nitrogens with one attached hydrogen (secondary N) is 2. The van der Waals surface area contributed by atoms with E-state index < -0.39 is 0 Å². The molecule has 0 fully saturated rings. The van der Waals surface area contributed by atoms with Gasteiger partial charge in [-0.2, -0.15) is 0 Å². The number of rotatable bonds is 5. The monoisotopic (exact) mass is 286 g/mol. The van der Waals surface area contributed by atoms with E-state index in [-0.39, 0.29) is 17.5 Å². The Bertz CT molecular complexity index is 703. The third kappa shape index (κ3) is 3.94. The highest BCUT2D eigenvalue weighted by atomic mass is 16.1. The van der Waals surface area contributed by atoms with E-state index in [4.69, 9.17) is 0 Å². The van der Waals surface area contributed by atoms with E-state index >= 15 is 0 Å². The Morgan fingerprint density at radius 3 is 2.81 bits per heavy atom. The van der Waals surface area contributed by atoms with Gasteiger partial charge in [0.15, 0.2) is 0 Å². The molecule has 1 heterocycles. The number of aromatic nitrogens is 1. The summed E-state index contributed by atoms with van der Waals surface area (Å²) in [5.41, 5.74) is 2.50. The van der Waals surface area contributed by atoms with Gasteiger partial charge in [-0.3, -0.25) is 9.59 Å². The van der Waals surface area contributed by atoms with Crippen molar-refractivity contribution in [2.24, 2.45) is 0 Å². The molecule has 0 aliphatic rings. The molecule has 112 valence electrons. The summed E-state index contributed by atoms with van der Waals surface area (Å²) in [6.45, 7) is 5.99. The fourth-order valence-corrected chi connectivity index (χ4v) is 2.24. The number of pyridine rings is 1. The number of aromatic amines is 1. The van der Waals surface area contributed by atoms with Crippen LogP contribution in [0.15, 0.2) is 29.1 Å². The van der Waals surface area contributed by atoms with Crippen LogP contribution in [0.3, 0.4) is 0 Å². The number of benzene rings is 1. The lowest BCUT2D eigenvalue weighted by atomic mass is 10.1. The van der Waals surface area contributed by atoms with Crippen LogP contribution in [0.4, 0.5) is 0 Å². The van der Waals surface area contributed by atoms with Crippen molar-refractivity contribution >= 4 is 16.8 Å². The molecular formula is C17H22N2O2. The number of hydrogen-bond donors (Lipinski definition) is 2. The van der Waals surface area contributed by atoms with Crippen LogP contribution in [0.5, 0.6) is 0 Å². The molecule has 0 aliphatic heterocycles. The fraction of sp³-hybridized carbons (Fsp3) is 0.412. The Kier molecular flexibility index (Phi) is 4.78. The normalized spacial score (nSPS) is 12.3. The first-order valence-electron chi connectivity index (χ1n) is 7.41. The molecule has 1 aromatic heterocycles. The number of aryl methyl sites for hydroxylation is 2. The number of amides is 1. The van der Waals surface area contributed by atoms with Gasteiger partial charge in [0.05, 0.1) is 0 Å². The molecule has 0 saturated carbocycles. The average molecular weight is 286 g/mol. The lowest BCUT2D eigenvalue weighted by Gasteiger charge is -2.11. The molecule has 1 atom stereocenters. The molecule has 2 aromatic rings. The van der Waals surface area contributed by atoms with Gasteiger partial charge in [-0.1, -0.05) is 19.1 Å². The zero-order chi connectivity index (χ0) is 15.4. The fourth-order valence-electron chi connectivity index (χ4n) is 2.24. The summed E-state index contributed by atoms with van der Waals surface area (Å²) in [7, 11) is 0. The van der Waals surface area contributed by atoms with Crippen LogP contribution < -0.4 is 10.9 Å². The van der Waals surface area contributed by atoms with Gasteiger partial charge in [0.2, 0.25) is 5.91 Å². The largest absolute Gasteiger partial charge is 0.354 e. The molecule has 0 radical (unpaired) electrons. The first kappa shape index (κ1) is 15.3. The van der Waals surface area contributed by atoms with Crippen LogP contribution >= 0.6 is 0 Å². The highest BCUT2D eigenvalue weighted by Gasteiger charge is 2.08. The first-order valence-corrected chi connectivity index (χ1v) is 7.41. The predicted octanol–water partition coefficient (Wildman–Crippen LogP) is 2.68. The van der Waals surface area contributed by atoms with Gasteiger partial charge in [-0.25, -0.2) is 0 Å². The molecule has 21 heavy (non-hydrogen) atoms. The third-order valence-electron chi connectivity index (χ3n) is 3.72. The van der Waals surface area contributed by atoms with E-state index in [0.29, 0.717) is 18.4 Å². The minimum atomic E-state index is -0.107. The van der Waals surface area contributed by atoms with Crippen LogP contribution in [0.1, 0.15) is 37.8 Å². The van der Waals surface area contributed by atoms with Gasteiger partial charge >= 0.3 is 0 Å². The van der Waals surface area contributed by atoms with Crippen molar-refractivity contribution in [1.82, 2.24) is 10.3 Å². The smallest absolute Gasteiger partial charge is 0.251 e. The lowest BCUT2D eigenvalue weighted by molar-refractivity contribution is -0.121. The summed E-state index contributed by atoms with van der Waals surface area (Å²) in [6, 6.07) is 8.01. The summed E-state index contributed by atoms with van der Waals surface area (Å²) in [5, 5.41) is 3.91. The zero-order valence-corrected chi connectivity index (χ0v) is 12.8. The summed E-state index contributed by atoms with van der Waals surface area (Å²) in [6.07, 6.45) is 1.70. The Labute approximate surface area is 124 Å². The Morgan fingerprint density at radius 2 is 2.10 bits per heavy atom. The number of hydrogen-bond acceptors (Lipinski definition) is 2. The van der Waals surface area contributed by atoms with Gasteiger partial charge in [0, 0.05) is 23.5 Å². The van der Waals surface area contributed by atoms with Gasteiger partial charge in [0.25, 0.3) is 5.56 Å². The Hall–Kier alpha value is -2.10. The first-order chi connectivity index (χ1) is 9.99. The Balaban J connectivity index is 2.12. The Morgan fingerprint density at radius 1 is 1.33 bits per heavy atom. The zero-order valence-electron chi connectivity index (χ0n) is 12.8. The van der Waals surface area contributed by atoms with Crippen molar-refractivity contribution < 1.29 is 4.79 Å². The minimum absolute atomic E-state index is 0.00671. The summed E-state index contributed by atoms with van der Waals surface area (Å²) >= 11 is 0. The number of H-pyrrole nitrogens is 1. The van der Waals surface area contributed by atoms with E-state index in [1.165, 1.54) is 0 Å². The van der Waals surface area contributed by atoms with Crippen molar-refractivity contribution in [3.05, 3.63) is 45.7 Å². The number of carbonyl (C=O) groups is 1. The highest BCUT2D eigenvalue weighted by molar-refractivity contribution is 5.80. The molecule has 2 N–H and O–H groups in total. The molecule has 1 amide bonds. The van der Waals surface area contributed by atoms with Crippen LogP contribution in [0.25, 0.3) is 10.9 Å². The number of fused-ring (bicyclic) bond motifs is 1. The second-order valence-electron chi connectivity index (χ2n) is 5.59. The molecule has 0 spiro atoms. The molecule has 0 unspecified atom stereocenters. The maximum absolute atomic E-state index is 12.0. The molecule has 0 aliphatic carbocycles. The van der Waals surface area contributed by atoms with E-state index in [0.717, 1.165) is 22.9 Å². The summed E-state index contributed by atoms with van der Waals surface area (Å²) in [5.74, 6) is -0.00671. The topological polar surface area (TPSA) is 62.0 Å². The summed E-state index contributed by atoms with van der Waals surface area (Å²) < 4.78 is 0. The third-order valence-corrected chi connectivity index (χ3v) is 3.72. The minimum Gasteiger partial charge on any atom is -0.354 e. The van der Waals surface area contributed by atoms with Crippen molar-refractivity contribution in [2.45, 2.75) is 46.1 Å². The quantitative estimate of drug-likeness (QED) is 0.887. The summed E-state index contributed by atoms with van der Waals surface area (Å²) in [4.78, 5) is 26.7. The van der Waals surface area contributed by atoms with Gasteiger partial charge in [-0.15, -0.1) is 0 Å². The van der Waals surface area contributed by atoms with Crippen LogP contribution in [-0.4, -0.2) is 16.9 Å². The average Bonchev–Trinajstić information content (AvgIpc) is 2.44. The maximum atomic E-state index is 12.0. The van der Waals surface area contributed by atoms with Crippen molar-refractivity contribution in [3.8, 4) is 0 Å². The van der Waals surface area contributed by atoms with E-state index in [9.17, 15) is 9.59 Å². The van der Waals surface area contributed by atoms with Crippen molar-refractivity contribution in [3.63, 3.8) is 0 Å². The molecule has 2 rings (SSSR count). The van der Waals surface area contributed by atoms with Gasteiger partial charge in [-0.05, 0) is 49.8 Å². The molecular weight excluding hydrogens is 264 g/mol. The second-order valence-corrected chi connectivity index (χ2v) is 5.59. The van der Waals surface area contributed by atoms with Crippen molar-refractivity contribution in [1.29, 1.82) is 0 Å². The number of carbonyl (C=O) groups excluding carboxylic acids is 1. The van der Waals surface area contributed by atoms with Crippen LogP contribution in [0, 0.1) is 6.92 Å². The molecule has 4 heteroatoms. The predicted molar refractivity (Wildman–Crippen MR) is 85.5 cm³/mol. The standard InChI is InChI=1S/C17H22N2O2/c1-4-12(3)18-16(20)8-7-14-10-13-6-5-11(2)9-15(13)19-17(14)21/h5-6,9-10,12H,4,7-8H2,1-3H3,(H,18,20)(H,19,21)/t12-/m1/s1. The molecule has 1 aromatic carbocycles. The SMILES string of the molecule is CC[C@@H](C)NC(=O)CCc1cc2ccc(C)cc2[nH]c1=O. The maximum Gasteiger partial charge on any atom is 0.251 e. The lowest BCUT2D eigenvalue weighted by Crippen LogP contribution is -2.32. The second kappa shape index (κ2) is 6.57. The molecule has 4 nitrogen and oxygen atoms in total.